The third-order valence-electron chi connectivity index (χ3n) is 4.81. The van der Waals surface area contributed by atoms with Gasteiger partial charge in [0.2, 0.25) is 5.91 Å². The van der Waals surface area contributed by atoms with Crippen molar-refractivity contribution < 1.29 is 38.4 Å². The number of carboxylic acid groups (broad SMARTS) is 1. The number of carbonyl (C=O) groups excluding carboxylic acids is 3. The number of rotatable bonds is 5. The molecule has 1 saturated heterocycles. The van der Waals surface area contributed by atoms with E-state index in [4.69, 9.17) is 0 Å². The van der Waals surface area contributed by atoms with Crippen LogP contribution in [0.5, 0.6) is 0 Å². The molecule has 1 aromatic heterocycles. The van der Waals surface area contributed by atoms with Crippen LogP contribution in [0.2, 0.25) is 0 Å². The summed E-state index contributed by atoms with van der Waals surface area (Å²) in [5.41, 5.74) is -0.535. The molecule has 1 unspecified atom stereocenters. The Morgan fingerprint density at radius 1 is 1.24 bits per heavy atom. The summed E-state index contributed by atoms with van der Waals surface area (Å²) in [6, 6.07) is 5.49. The Bertz CT molecular complexity index is 999. The van der Waals surface area contributed by atoms with Crippen LogP contribution in [0.3, 0.4) is 0 Å². The van der Waals surface area contributed by atoms with Gasteiger partial charge >= 0.3 is 24.6 Å². The van der Waals surface area contributed by atoms with Gasteiger partial charge in [-0.1, -0.05) is 18.2 Å². The number of hydrogen-bond acceptors (Lipinski definition) is 6. The first-order valence-electron chi connectivity index (χ1n) is 8.77. The van der Waals surface area contributed by atoms with Gasteiger partial charge in [0.15, 0.2) is 0 Å². The Morgan fingerprint density at radius 3 is 2.48 bits per heavy atom. The average molecular weight is 393 g/mol. The van der Waals surface area contributed by atoms with Gasteiger partial charge in [-0.05, 0) is 19.4 Å². The predicted molar refractivity (Wildman–Crippen MR) is 95.4 cm³/mol. The topological polar surface area (TPSA) is 129 Å². The minimum atomic E-state index is -1.43. The van der Waals surface area contributed by atoms with Crippen molar-refractivity contribution >= 4 is 17.8 Å². The van der Waals surface area contributed by atoms with Crippen LogP contribution in [-0.2, 0) is 18.4 Å². The fourth-order valence-electron chi connectivity index (χ4n) is 3.15. The number of carbonyl (C=O) groups is 3. The molecule has 1 aliphatic rings. The van der Waals surface area contributed by atoms with Crippen molar-refractivity contribution in [3.8, 4) is 0 Å². The molecule has 2 amide bonds. The van der Waals surface area contributed by atoms with E-state index in [0.29, 0.717) is 18.8 Å². The van der Waals surface area contributed by atoms with E-state index in [1.54, 1.807) is 24.9 Å². The maximum absolute atomic E-state index is 12.5. The van der Waals surface area contributed by atoms with Crippen LogP contribution in [0.25, 0.3) is 0 Å². The summed E-state index contributed by atoms with van der Waals surface area (Å²) in [7, 11) is 1.58. The smallest absolute Gasteiger partial charge is 0.545 e. The van der Waals surface area contributed by atoms with E-state index in [2.05, 4.69) is 10.4 Å². The largest absolute Gasteiger partial charge is 1.00 e. The molecule has 3 rings (SSSR count). The summed E-state index contributed by atoms with van der Waals surface area (Å²) in [6.07, 6.45) is 0.529. The van der Waals surface area contributed by atoms with E-state index in [0.717, 1.165) is 4.68 Å². The Morgan fingerprint density at radius 2 is 1.90 bits per heavy atom. The van der Waals surface area contributed by atoms with E-state index in [1.165, 1.54) is 22.8 Å². The Kier molecular flexibility index (Phi) is 7.05. The minimum absolute atomic E-state index is 0. The van der Waals surface area contributed by atoms with Crippen LogP contribution >= 0.6 is 0 Å². The van der Waals surface area contributed by atoms with Gasteiger partial charge in [-0.25, -0.2) is 9.48 Å². The predicted octanol–water partition coefficient (Wildman–Crippen LogP) is -4.71. The molecule has 0 spiro atoms. The molecule has 1 fully saturated rings. The normalized spacial score (nSPS) is 15.7. The second-order valence-electron chi connectivity index (χ2n) is 6.68. The third-order valence-corrected chi connectivity index (χ3v) is 4.81. The molecule has 2 aromatic rings. The Hall–Kier alpha value is -2.83. The molecule has 11 heteroatoms. The molecule has 0 radical (unpaired) electrons. The maximum atomic E-state index is 12.5. The summed E-state index contributed by atoms with van der Waals surface area (Å²) in [5.74, 6) is -1.72. The number of likely N-dealkylation sites (tertiary alicyclic amines) is 1. The van der Waals surface area contributed by atoms with Gasteiger partial charge in [0.25, 0.3) is 5.91 Å². The summed E-state index contributed by atoms with van der Waals surface area (Å²) in [4.78, 5) is 49.5. The van der Waals surface area contributed by atoms with Gasteiger partial charge in [-0.15, -0.1) is 0 Å². The number of aromatic carboxylic acids is 1. The summed E-state index contributed by atoms with van der Waals surface area (Å²) >= 11 is 0. The van der Waals surface area contributed by atoms with E-state index in [-0.39, 0.29) is 60.7 Å². The molecule has 0 bridgehead atoms. The molecule has 0 aliphatic carbocycles. The van der Waals surface area contributed by atoms with Gasteiger partial charge in [0.1, 0.15) is 12.4 Å². The van der Waals surface area contributed by atoms with Crippen LogP contribution in [0.1, 0.15) is 33.0 Å². The van der Waals surface area contributed by atoms with Gasteiger partial charge in [-0.2, -0.15) is 5.10 Å². The van der Waals surface area contributed by atoms with Crippen molar-refractivity contribution in [3.05, 3.63) is 51.7 Å². The second-order valence-corrected chi connectivity index (χ2v) is 6.68. The van der Waals surface area contributed by atoms with Crippen molar-refractivity contribution in [2.45, 2.75) is 25.9 Å². The number of carboxylic acids is 1. The molecule has 1 aliphatic heterocycles. The molecule has 29 heavy (non-hydrogen) atoms. The summed E-state index contributed by atoms with van der Waals surface area (Å²) in [5, 5.41) is 17.9. The molecule has 1 N–H and O–H groups in total. The zero-order valence-corrected chi connectivity index (χ0v) is 16.5. The fraction of sp³-hybridized carbons (Fsp3) is 0.389. The van der Waals surface area contributed by atoms with Crippen LogP contribution in [0.4, 0.5) is 0 Å². The fourth-order valence-corrected chi connectivity index (χ4v) is 3.15. The van der Waals surface area contributed by atoms with Crippen molar-refractivity contribution in [3.63, 3.8) is 0 Å². The van der Waals surface area contributed by atoms with Gasteiger partial charge < -0.3 is 20.1 Å². The van der Waals surface area contributed by atoms with Gasteiger partial charge in [0, 0.05) is 37.3 Å². The van der Waals surface area contributed by atoms with E-state index in [1.807, 2.05) is 0 Å². The van der Waals surface area contributed by atoms with Crippen molar-refractivity contribution in [2.24, 2.45) is 7.05 Å². The van der Waals surface area contributed by atoms with Crippen LogP contribution in [0.15, 0.2) is 29.1 Å². The summed E-state index contributed by atoms with van der Waals surface area (Å²) < 4.78 is 2.47. The number of benzene rings is 1. The third kappa shape index (κ3) is 4.78. The van der Waals surface area contributed by atoms with Gasteiger partial charge in [-0.3, -0.25) is 14.2 Å². The number of amides is 2. The molecular formula is C18H20LiN5O5. The molecule has 10 nitrogen and oxygen atoms in total. The van der Waals surface area contributed by atoms with Crippen LogP contribution in [-0.4, -0.2) is 56.2 Å². The van der Waals surface area contributed by atoms with Gasteiger partial charge in [0.05, 0.1) is 5.97 Å². The molecular weight excluding hydrogens is 373 g/mol. The molecule has 2 heterocycles. The second kappa shape index (κ2) is 9.11. The van der Waals surface area contributed by atoms with Crippen molar-refractivity contribution in [1.82, 2.24) is 24.6 Å². The summed E-state index contributed by atoms with van der Waals surface area (Å²) in [6.45, 7) is 2.20. The molecule has 1 aromatic carbocycles. The van der Waals surface area contributed by atoms with Crippen LogP contribution in [0, 0.1) is 6.92 Å². The number of aryl methyl sites for hydroxylation is 1. The number of nitrogens with zero attached hydrogens (tertiary/aromatic N) is 4. The molecule has 148 valence electrons. The quantitative estimate of drug-likeness (QED) is 0.508. The van der Waals surface area contributed by atoms with E-state index in [9.17, 15) is 24.3 Å². The maximum Gasteiger partial charge on any atom is 1.00 e. The number of hydrogen-bond donors (Lipinski definition) is 1. The zero-order chi connectivity index (χ0) is 20.4. The van der Waals surface area contributed by atoms with Crippen LogP contribution < -0.4 is 35.0 Å². The number of aromatic nitrogens is 3. The number of nitrogens with one attached hydrogen (secondary N) is 1. The first-order valence-corrected chi connectivity index (χ1v) is 8.77. The zero-order valence-electron chi connectivity index (χ0n) is 16.5. The first-order chi connectivity index (χ1) is 13.3. The molecule has 0 saturated carbocycles. The van der Waals surface area contributed by atoms with E-state index < -0.39 is 11.9 Å². The van der Waals surface area contributed by atoms with E-state index >= 15 is 0 Å². The average Bonchev–Trinajstić information content (AvgIpc) is 3.22. The Balaban J connectivity index is 0.00000300. The molecule has 1 atom stereocenters. The van der Waals surface area contributed by atoms with Crippen molar-refractivity contribution in [1.29, 1.82) is 0 Å². The first kappa shape index (κ1) is 22.5. The Labute approximate surface area is 178 Å². The van der Waals surface area contributed by atoms with Crippen molar-refractivity contribution in [2.75, 3.05) is 13.1 Å². The minimum Gasteiger partial charge on any atom is -0.545 e. The standard InChI is InChI=1S/C18H21N5O5.Li/c1-11-20-23(18(28)21(11)2)10-15(24)22-8-7-12(9-22)19-16(25)13-5-3-4-6-14(13)17(26)27;/h3-6,12H,7-10H2,1-2H3,(H,19,25)(H,26,27);/q;+1/p-1. The monoisotopic (exact) mass is 393 g/mol. The SMILES string of the molecule is Cc1nn(CC(=O)N2CCC(NC(=O)c3ccccc3C(=O)[O-])C2)c(=O)n1C.[Li+].